The fraction of sp³-hybridized carbons (Fsp3) is 0.235. The Hall–Kier alpha value is -2.29. The quantitative estimate of drug-likeness (QED) is 0.792. The van der Waals surface area contributed by atoms with Crippen LogP contribution in [0.2, 0.25) is 0 Å². The topological polar surface area (TPSA) is 29.5 Å². The van der Waals surface area contributed by atoms with E-state index in [0.29, 0.717) is 6.54 Å². The van der Waals surface area contributed by atoms with Crippen molar-refractivity contribution in [2.75, 3.05) is 13.7 Å². The van der Waals surface area contributed by atoms with Crippen molar-refractivity contribution in [3.05, 3.63) is 71.3 Å². The normalized spacial score (nSPS) is 17.4. The summed E-state index contributed by atoms with van der Waals surface area (Å²) >= 11 is 0. The van der Waals surface area contributed by atoms with Crippen molar-refractivity contribution in [3.63, 3.8) is 0 Å². The van der Waals surface area contributed by atoms with E-state index >= 15 is 0 Å². The highest BCUT2D eigenvalue weighted by atomic mass is 16.5. The molecule has 0 fully saturated rings. The summed E-state index contributed by atoms with van der Waals surface area (Å²) < 4.78 is 4.94. The highest BCUT2D eigenvalue weighted by Gasteiger charge is 2.32. The van der Waals surface area contributed by atoms with Crippen molar-refractivity contribution in [3.8, 4) is 0 Å². The van der Waals surface area contributed by atoms with Gasteiger partial charge in [-0.25, -0.2) is 4.79 Å². The molecular weight excluding hydrogens is 250 g/mol. The van der Waals surface area contributed by atoms with Crippen LogP contribution in [0.4, 0.5) is 4.79 Å². The van der Waals surface area contributed by atoms with Gasteiger partial charge in [-0.1, -0.05) is 54.6 Å². The molecule has 3 heteroatoms. The molecule has 3 nitrogen and oxygen atoms in total. The van der Waals surface area contributed by atoms with Crippen LogP contribution in [-0.2, 0) is 11.2 Å². The van der Waals surface area contributed by atoms with E-state index in [1.54, 1.807) is 4.90 Å². The summed E-state index contributed by atoms with van der Waals surface area (Å²) in [5, 5.41) is 0. The summed E-state index contributed by atoms with van der Waals surface area (Å²) in [7, 11) is 1.44. The molecule has 1 atom stereocenters. The molecule has 0 radical (unpaired) electrons. The lowest BCUT2D eigenvalue weighted by atomic mass is 9.88. The second-order valence-corrected chi connectivity index (χ2v) is 4.93. The Morgan fingerprint density at radius 1 is 1.10 bits per heavy atom. The smallest absolute Gasteiger partial charge is 0.410 e. The van der Waals surface area contributed by atoms with E-state index in [2.05, 4.69) is 30.3 Å². The first-order valence-corrected chi connectivity index (χ1v) is 6.78. The fourth-order valence-electron chi connectivity index (χ4n) is 2.88. The Morgan fingerprint density at radius 3 is 2.55 bits per heavy atom. The molecular formula is C17H17NO2. The van der Waals surface area contributed by atoms with Gasteiger partial charge >= 0.3 is 6.09 Å². The number of rotatable bonds is 1. The fourth-order valence-corrected chi connectivity index (χ4v) is 2.88. The van der Waals surface area contributed by atoms with E-state index in [0.717, 1.165) is 12.0 Å². The zero-order valence-electron chi connectivity index (χ0n) is 11.5. The molecule has 1 aliphatic heterocycles. The van der Waals surface area contributed by atoms with Crippen molar-refractivity contribution < 1.29 is 9.53 Å². The second kappa shape index (κ2) is 5.37. The number of hydrogen-bond donors (Lipinski definition) is 0. The van der Waals surface area contributed by atoms with Gasteiger partial charge in [-0.15, -0.1) is 0 Å². The van der Waals surface area contributed by atoms with Crippen molar-refractivity contribution in [2.24, 2.45) is 0 Å². The van der Waals surface area contributed by atoms with E-state index in [-0.39, 0.29) is 12.1 Å². The van der Waals surface area contributed by atoms with Crippen molar-refractivity contribution >= 4 is 6.09 Å². The zero-order chi connectivity index (χ0) is 13.9. The van der Waals surface area contributed by atoms with Crippen LogP contribution in [0.1, 0.15) is 22.7 Å². The monoisotopic (exact) mass is 267 g/mol. The van der Waals surface area contributed by atoms with Gasteiger partial charge in [0.15, 0.2) is 0 Å². The van der Waals surface area contributed by atoms with Crippen LogP contribution >= 0.6 is 0 Å². The molecule has 1 aliphatic rings. The molecule has 2 aromatic carbocycles. The van der Waals surface area contributed by atoms with Crippen LogP contribution in [-0.4, -0.2) is 24.6 Å². The Bertz CT molecular complexity index is 609. The number of fused-ring (bicyclic) bond motifs is 1. The van der Waals surface area contributed by atoms with Gasteiger partial charge in [-0.3, -0.25) is 4.90 Å². The molecule has 0 saturated carbocycles. The van der Waals surface area contributed by atoms with Gasteiger partial charge in [-0.2, -0.15) is 0 Å². The summed E-state index contributed by atoms with van der Waals surface area (Å²) in [5.74, 6) is 0. The lowest BCUT2D eigenvalue weighted by molar-refractivity contribution is 0.109. The maximum atomic E-state index is 12.1. The number of amides is 1. The minimum absolute atomic E-state index is 0.0615. The van der Waals surface area contributed by atoms with Crippen molar-refractivity contribution in [1.82, 2.24) is 4.90 Å². The van der Waals surface area contributed by atoms with Crippen LogP contribution in [0.15, 0.2) is 54.6 Å². The number of methoxy groups -OCH3 is 1. The molecule has 0 aliphatic carbocycles. The maximum absolute atomic E-state index is 12.1. The first-order chi connectivity index (χ1) is 9.81. The van der Waals surface area contributed by atoms with Gasteiger partial charge in [0.25, 0.3) is 0 Å². The summed E-state index contributed by atoms with van der Waals surface area (Å²) in [5.41, 5.74) is 3.61. The van der Waals surface area contributed by atoms with E-state index in [1.165, 1.54) is 18.2 Å². The summed E-state index contributed by atoms with van der Waals surface area (Å²) in [6.45, 7) is 0.684. The SMILES string of the molecule is COC(=O)N1CCc2ccccc2[C@H]1c1ccccc1. The molecule has 0 saturated heterocycles. The van der Waals surface area contributed by atoms with Crippen molar-refractivity contribution in [2.45, 2.75) is 12.5 Å². The number of hydrogen-bond acceptors (Lipinski definition) is 2. The molecule has 0 aromatic heterocycles. The average molecular weight is 267 g/mol. The number of carbonyl (C=O) groups is 1. The summed E-state index contributed by atoms with van der Waals surface area (Å²) in [4.78, 5) is 13.9. The third-order valence-electron chi connectivity index (χ3n) is 3.81. The first-order valence-electron chi connectivity index (χ1n) is 6.78. The summed E-state index contributed by atoms with van der Waals surface area (Å²) in [6.07, 6.45) is 0.600. The molecule has 1 heterocycles. The van der Waals surface area contributed by atoms with Gasteiger partial charge < -0.3 is 4.74 Å². The number of nitrogens with zero attached hydrogens (tertiary/aromatic N) is 1. The first kappa shape index (κ1) is 12.7. The predicted octanol–water partition coefficient (Wildman–Crippen LogP) is 3.40. The Balaban J connectivity index is 2.10. The molecule has 0 spiro atoms. The van der Waals surface area contributed by atoms with Crippen molar-refractivity contribution in [1.29, 1.82) is 0 Å². The lowest BCUT2D eigenvalue weighted by Crippen LogP contribution is -2.40. The van der Waals surface area contributed by atoms with E-state index in [4.69, 9.17) is 4.74 Å². The number of ether oxygens (including phenoxy) is 1. The van der Waals surface area contributed by atoms with Gasteiger partial charge in [-0.05, 0) is 23.1 Å². The minimum Gasteiger partial charge on any atom is -0.453 e. The van der Waals surface area contributed by atoms with Gasteiger partial charge in [0.05, 0.1) is 13.2 Å². The van der Waals surface area contributed by atoms with Crippen LogP contribution in [0.25, 0.3) is 0 Å². The van der Waals surface area contributed by atoms with Crippen LogP contribution in [0.3, 0.4) is 0 Å². The van der Waals surface area contributed by atoms with Crippen LogP contribution in [0, 0.1) is 0 Å². The lowest BCUT2D eigenvalue weighted by Gasteiger charge is -2.36. The zero-order valence-corrected chi connectivity index (χ0v) is 11.5. The van der Waals surface area contributed by atoms with Crippen LogP contribution < -0.4 is 0 Å². The molecule has 0 bridgehead atoms. The number of benzene rings is 2. The minimum atomic E-state index is -0.270. The Labute approximate surface area is 118 Å². The summed E-state index contributed by atoms with van der Waals surface area (Å²) in [6, 6.07) is 18.4. The van der Waals surface area contributed by atoms with Gasteiger partial charge in [0.2, 0.25) is 0 Å². The molecule has 0 N–H and O–H groups in total. The van der Waals surface area contributed by atoms with E-state index in [1.807, 2.05) is 24.3 Å². The second-order valence-electron chi connectivity index (χ2n) is 4.93. The van der Waals surface area contributed by atoms with Crippen LogP contribution in [0.5, 0.6) is 0 Å². The van der Waals surface area contributed by atoms with E-state index < -0.39 is 0 Å². The third-order valence-corrected chi connectivity index (χ3v) is 3.81. The van der Waals surface area contributed by atoms with Gasteiger partial charge in [0, 0.05) is 6.54 Å². The maximum Gasteiger partial charge on any atom is 0.410 e. The largest absolute Gasteiger partial charge is 0.453 e. The number of carbonyl (C=O) groups excluding carboxylic acids is 1. The molecule has 102 valence electrons. The molecule has 3 rings (SSSR count). The highest BCUT2D eigenvalue weighted by Crippen LogP contribution is 2.35. The van der Waals surface area contributed by atoms with Gasteiger partial charge in [0.1, 0.15) is 0 Å². The Kier molecular flexibility index (Phi) is 3.42. The van der Waals surface area contributed by atoms with E-state index in [9.17, 15) is 4.79 Å². The molecule has 20 heavy (non-hydrogen) atoms. The highest BCUT2D eigenvalue weighted by molar-refractivity contribution is 5.70. The molecule has 2 aromatic rings. The third kappa shape index (κ3) is 2.16. The standard InChI is InChI=1S/C17H17NO2/c1-20-17(19)18-12-11-13-7-5-6-10-15(13)16(18)14-8-3-2-4-9-14/h2-10,16H,11-12H2,1H3/t16-/m1/s1. The molecule has 0 unspecified atom stereocenters. The Morgan fingerprint density at radius 2 is 1.80 bits per heavy atom. The molecule has 1 amide bonds. The predicted molar refractivity (Wildman–Crippen MR) is 77.5 cm³/mol. The average Bonchev–Trinajstić information content (AvgIpc) is 2.53.